The molecule has 0 unspecified atom stereocenters. The Morgan fingerprint density at radius 3 is 2.30 bits per heavy atom. The highest BCUT2D eigenvalue weighted by Crippen LogP contribution is 1.90. The predicted molar refractivity (Wildman–Crippen MR) is 42.5 cm³/mol. The normalized spacial score (nSPS) is 11.9. The van der Waals surface area contributed by atoms with E-state index in [0.29, 0.717) is 6.54 Å². The third-order valence-corrected chi connectivity index (χ3v) is 2.34. The van der Waals surface area contributed by atoms with Crippen LogP contribution < -0.4 is 0 Å². The molecule has 0 amide bonds. The molecule has 0 aromatic heterocycles. The standard InChI is InChI=1S/C6H13NO2S/c1-4-10(8,9)6-5-7(2)3/h4H,1,5-6H2,2-3H3. The van der Waals surface area contributed by atoms with Crippen molar-refractivity contribution in [3.63, 3.8) is 0 Å². The van der Waals surface area contributed by atoms with Crippen molar-refractivity contribution >= 4 is 9.84 Å². The van der Waals surface area contributed by atoms with Crippen LogP contribution in [0.2, 0.25) is 0 Å². The minimum Gasteiger partial charge on any atom is -0.308 e. The van der Waals surface area contributed by atoms with E-state index in [9.17, 15) is 8.42 Å². The summed E-state index contributed by atoms with van der Waals surface area (Å²) >= 11 is 0. The van der Waals surface area contributed by atoms with Gasteiger partial charge in [0.05, 0.1) is 5.75 Å². The zero-order valence-electron chi connectivity index (χ0n) is 6.37. The van der Waals surface area contributed by atoms with Crippen molar-refractivity contribution in [1.29, 1.82) is 0 Å². The first kappa shape index (κ1) is 9.65. The topological polar surface area (TPSA) is 37.4 Å². The second kappa shape index (κ2) is 3.73. The number of nitrogens with zero attached hydrogens (tertiary/aromatic N) is 1. The number of rotatable bonds is 4. The van der Waals surface area contributed by atoms with Crippen LogP contribution in [0.1, 0.15) is 0 Å². The summed E-state index contributed by atoms with van der Waals surface area (Å²) in [5.41, 5.74) is 0. The van der Waals surface area contributed by atoms with E-state index >= 15 is 0 Å². The maximum absolute atomic E-state index is 10.8. The summed E-state index contributed by atoms with van der Waals surface area (Å²) < 4.78 is 21.5. The monoisotopic (exact) mass is 163 g/mol. The fraction of sp³-hybridized carbons (Fsp3) is 0.667. The zero-order chi connectivity index (χ0) is 8.20. The van der Waals surface area contributed by atoms with Gasteiger partial charge in [0.25, 0.3) is 0 Å². The van der Waals surface area contributed by atoms with Crippen LogP contribution in [0.15, 0.2) is 12.0 Å². The summed E-state index contributed by atoms with van der Waals surface area (Å²) in [4.78, 5) is 1.82. The van der Waals surface area contributed by atoms with Crippen LogP contribution in [0, 0.1) is 0 Å². The summed E-state index contributed by atoms with van der Waals surface area (Å²) in [6, 6.07) is 0. The maximum atomic E-state index is 10.8. The second-order valence-electron chi connectivity index (χ2n) is 2.34. The molecule has 0 saturated heterocycles. The quantitative estimate of drug-likeness (QED) is 0.590. The van der Waals surface area contributed by atoms with Crippen LogP contribution >= 0.6 is 0 Å². The van der Waals surface area contributed by atoms with Gasteiger partial charge in [0.1, 0.15) is 0 Å². The molecule has 0 bridgehead atoms. The number of sulfone groups is 1. The Bertz CT molecular complexity index is 194. The Hall–Kier alpha value is -0.350. The maximum Gasteiger partial charge on any atom is 0.172 e. The largest absolute Gasteiger partial charge is 0.308 e. The van der Waals surface area contributed by atoms with Crippen molar-refractivity contribution in [3.8, 4) is 0 Å². The Morgan fingerprint density at radius 2 is 2.00 bits per heavy atom. The summed E-state index contributed by atoms with van der Waals surface area (Å²) in [6.45, 7) is 3.75. The lowest BCUT2D eigenvalue weighted by Gasteiger charge is -2.06. The van der Waals surface area contributed by atoms with Crippen molar-refractivity contribution in [2.24, 2.45) is 0 Å². The first-order chi connectivity index (χ1) is 4.48. The fourth-order valence-corrected chi connectivity index (χ4v) is 1.18. The average molecular weight is 163 g/mol. The van der Waals surface area contributed by atoms with Gasteiger partial charge in [-0.05, 0) is 14.1 Å². The molecule has 0 aliphatic rings. The molecule has 0 aromatic carbocycles. The molecule has 0 rings (SSSR count). The lowest BCUT2D eigenvalue weighted by molar-refractivity contribution is 0.433. The first-order valence-corrected chi connectivity index (χ1v) is 4.69. The van der Waals surface area contributed by atoms with E-state index in [1.165, 1.54) is 0 Å². The SMILES string of the molecule is C=CS(=O)(=O)CCN(C)C. The van der Waals surface area contributed by atoms with Gasteiger partial charge < -0.3 is 4.90 Å². The van der Waals surface area contributed by atoms with Crippen LogP contribution in [0.4, 0.5) is 0 Å². The Labute approximate surface area is 62.3 Å². The summed E-state index contributed by atoms with van der Waals surface area (Å²) in [5, 5.41) is 0.997. The van der Waals surface area contributed by atoms with Gasteiger partial charge in [0, 0.05) is 12.0 Å². The van der Waals surface area contributed by atoms with E-state index in [4.69, 9.17) is 0 Å². The highest BCUT2D eigenvalue weighted by molar-refractivity contribution is 7.94. The molecule has 0 aromatic rings. The van der Waals surface area contributed by atoms with Crippen LogP contribution in [0.5, 0.6) is 0 Å². The molecule has 0 fully saturated rings. The molecule has 0 heterocycles. The molecule has 0 radical (unpaired) electrons. The van der Waals surface area contributed by atoms with E-state index < -0.39 is 9.84 Å². The van der Waals surface area contributed by atoms with E-state index in [0.717, 1.165) is 5.41 Å². The molecule has 0 saturated carbocycles. The van der Waals surface area contributed by atoms with Crippen molar-refractivity contribution in [1.82, 2.24) is 4.90 Å². The minimum absolute atomic E-state index is 0.156. The molecule has 0 aliphatic carbocycles. The zero-order valence-corrected chi connectivity index (χ0v) is 7.19. The minimum atomic E-state index is -2.99. The van der Waals surface area contributed by atoms with Crippen LogP contribution in [0.25, 0.3) is 0 Å². The van der Waals surface area contributed by atoms with E-state index in [1.807, 2.05) is 19.0 Å². The smallest absolute Gasteiger partial charge is 0.172 e. The Balaban J connectivity index is 3.81. The fourth-order valence-electron chi connectivity index (χ4n) is 0.393. The first-order valence-electron chi connectivity index (χ1n) is 2.98. The molecular formula is C6H13NO2S. The van der Waals surface area contributed by atoms with E-state index in [2.05, 4.69) is 6.58 Å². The highest BCUT2D eigenvalue weighted by Gasteiger charge is 2.03. The number of hydrogen-bond acceptors (Lipinski definition) is 3. The van der Waals surface area contributed by atoms with Gasteiger partial charge in [-0.15, -0.1) is 0 Å². The van der Waals surface area contributed by atoms with Gasteiger partial charge in [-0.2, -0.15) is 0 Å². The molecule has 4 heteroatoms. The molecule has 0 atom stereocenters. The lowest BCUT2D eigenvalue weighted by atomic mass is 10.7. The summed E-state index contributed by atoms with van der Waals surface area (Å²) in [5.74, 6) is 0.156. The van der Waals surface area contributed by atoms with E-state index in [-0.39, 0.29) is 5.75 Å². The summed E-state index contributed by atoms with van der Waals surface area (Å²) in [6.07, 6.45) is 0. The summed E-state index contributed by atoms with van der Waals surface area (Å²) in [7, 11) is 0.672. The highest BCUT2D eigenvalue weighted by atomic mass is 32.2. The second-order valence-corrected chi connectivity index (χ2v) is 4.40. The van der Waals surface area contributed by atoms with Crippen molar-refractivity contribution in [3.05, 3.63) is 12.0 Å². The average Bonchev–Trinajstić information content (AvgIpc) is 1.85. The van der Waals surface area contributed by atoms with E-state index in [1.54, 1.807) is 0 Å². The third-order valence-electron chi connectivity index (χ3n) is 1.08. The van der Waals surface area contributed by atoms with Crippen LogP contribution in [0.3, 0.4) is 0 Å². The number of hydrogen-bond donors (Lipinski definition) is 0. The van der Waals surface area contributed by atoms with Gasteiger partial charge >= 0.3 is 0 Å². The van der Waals surface area contributed by atoms with Gasteiger partial charge in [-0.3, -0.25) is 0 Å². The molecule has 0 N–H and O–H groups in total. The molecular weight excluding hydrogens is 150 g/mol. The van der Waals surface area contributed by atoms with Gasteiger partial charge in [0.2, 0.25) is 0 Å². The molecule has 0 aliphatic heterocycles. The van der Waals surface area contributed by atoms with Crippen molar-refractivity contribution < 1.29 is 8.42 Å². The van der Waals surface area contributed by atoms with Crippen LogP contribution in [-0.2, 0) is 9.84 Å². The molecule has 3 nitrogen and oxygen atoms in total. The van der Waals surface area contributed by atoms with Gasteiger partial charge in [-0.25, -0.2) is 8.42 Å². The predicted octanol–water partition coefficient (Wildman–Crippen LogP) is 0.106. The molecule has 10 heavy (non-hydrogen) atoms. The Kier molecular flexibility index (Phi) is 3.60. The van der Waals surface area contributed by atoms with Crippen molar-refractivity contribution in [2.75, 3.05) is 26.4 Å². The lowest BCUT2D eigenvalue weighted by Crippen LogP contribution is -2.20. The van der Waals surface area contributed by atoms with Crippen LogP contribution in [-0.4, -0.2) is 39.7 Å². The third kappa shape index (κ3) is 4.52. The van der Waals surface area contributed by atoms with Gasteiger partial charge in [-0.1, -0.05) is 6.58 Å². The van der Waals surface area contributed by atoms with Crippen molar-refractivity contribution in [2.45, 2.75) is 0 Å². The molecule has 60 valence electrons. The van der Waals surface area contributed by atoms with Gasteiger partial charge in [0.15, 0.2) is 9.84 Å². The molecule has 0 spiro atoms. The Morgan fingerprint density at radius 1 is 1.50 bits per heavy atom.